The number of rotatable bonds is 3. The van der Waals surface area contributed by atoms with Crippen LogP contribution in [-0.4, -0.2) is 12.3 Å². The predicted octanol–water partition coefficient (Wildman–Crippen LogP) is 3.40. The summed E-state index contributed by atoms with van der Waals surface area (Å²) in [6.45, 7) is 0.877. The Balaban J connectivity index is 1.82. The molecular weight excluding hydrogens is 234 g/mol. The van der Waals surface area contributed by atoms with Crippen LogP contribution in [0.2, 0.25) is 0 Å². The number of hydrogen-bond acceptors (Lipinski definition) is 2. The van der Waals surface area contributed by atoms with Gasteiger partial charge in [-0.2, -0.15) is 0 Å². The van der Waals surface area contributed by atoms with E-state index in [4.69, 9.17) is 0 Å². The summed E-state index contributed by atoms with van der Waals surface area (Å²) in [5.74, 6) is 0.359. The molecule has 96 valence electrons. The van der Waals surface area contributed by atoms with E-state index in [-0.39, 0.29) is 5.92 Å². The quantitative estimate of drug-likeness (QED) is 0.906. The topological polar surface area (TPSA) is 29.1 Å². The van der Waals surface area contributed by atoms with Crippen LogP contribution in [0, 0.1) is 0 Å². The van der Waals surface area contributed by atoms with Gasteiger partial charge in [0.25, 0.3) is 0 Å². The molecule has 1 aliphatic heterocycles. The number of ketones is 1. The minimum absolute atomic E-state index is 0.0395. The fourth-order valence-electron chi connectivity index (χ4n) is 2.72. The van der Waals surface area contributed by atoms with E-state index in [9.17, 15) is 4.79 Å². The molecule has 1 aliphatic rings. The van der Waals surface area contributed by atoms with Gasteiger partial charge in [-0.25, -0.2) is 0 Å². The Bertz CT molecular complexity index is 577. The van der Waals surface area contributed by atoms with Crippen molar-refractivity contribution in [3.63, 3.8) is 0 Å². The molecule has 0 amide bonds. The molecule has 3 rings (SSSR count). The van der Waals surface area contributed by atoms with Crippen molar-refractivity contribution in [2.45, 2.75) is 18.8 Å². The lowest BCUT2D eigenvalue weighted by Gasteiger charge is -2.25. The van der Waals surface area contributed by atoms with Crippen LogP contribution in [-0.2, 0) is 11.2 Å². The van der Waals surface area contributed by atoms with Gasteiger partial charge < -0.3 is 5.32 Å². The van der Waals surface area contributed by atoms with Crippen molar-refractivity contribution in [2.75, 3.05) is 11.9 Å². The van der Waals surface area contributed by atoms with E-state index in [1.807, 2.05) is 42.5 Å². The van der Waals surface area contributed by atoms with Gasteiger partial charge in [0.05, 0.1) is 0 Å². The third kappa shape index (κ3) is 2.53. The molecule has 1 unspecified atom stereocenters. The highest BCUT2D eigenvalue weighted by molar-refractivity contribution is 5.89. The van der Waals surface area contributed by atoms with Crippen LogP contribution in [0.1, 0.15) is 23.5 Å². The first-order valence-corrected chi connectivity index (χ1v) is 6.74. The number of para-hydroxylation sites is 1. The summed E-state index contributed by atoms with van der Waals surface area (Å²) in [5.41, 5.74) is 3.36. The molecule has 1 heterocycles. The Morgan fingerprint density at radius 2 is 1.79 bits per heavy atom. The minimum atomic E-state index is 0.0395. The second-order valence-corrected chi connectivity index (χ2v) is 4.98. The van der Waals surface area contributed by atoms with E-state index < -0.39 is 0 Å². The largest absolute Gasteiger partial charge is 0.385 e. The highest BCUT2D eigenvalue weighted by atomic mass is 16.1. The average molecular weight is 251 g/mol. The van der Waals surface area contributed by atoms with Crippen LogP contribution >= 0.6 is 0 Å². The van der Waals surface area contributed by atoms with Crippen molar-refractivity contribution in [3.05, 3.63) is 65.7 Å². The fraction of sp³-hybridized carbons (Fsp3) is 0.235. The van der Waals surface area contributed by atoms with Crippen LogP contribution in [0.15, 0.2) is 54.6 Å². The zero-order valence-corrected chi connectivity index (χ0v) is 10.8. The molecule has 2 aromatic carbocycles. The van der Waals surface area contributed by atoms with Gasteiger partial charge in [0, 0.05) is 24.6 Å². The summed E-state index contributed by atoms with van der Waals surface area (Å²) in [4.78, 5) is 12.5. The average Bonchev–Trinajstić information content (AvgIpc) is 2.47. The maximum Gasteiger partial charge on any atom is 0.144 e. The van der Waals surface area contributed by atoms with Crippen molar-refractivity contribution < 1.29 is 4.79 Å². The van der Waals surface area contributed by atoms with Gasteiger partial charge in [-0.05, 0) is 23.6 Å². The van der Waals surface area contributed by atoms with Crippen LogP contribution in [0.25, 0.3) is 0 Å². The number of benzene rings is 2. The van der Waals surface area contributed by atoms with Gasteiger partial charge in [-0.1, -0.05) is 48.5 Å². The zero-order chi connectivity index (χ0) is 13.1. The number of anilines is 1. The van der Waals surface area contributed by atoms with Gasteiger partial charge in [0.2, 0.25) is 0 Å². The van der Waals surface area contributed by atoms with Gasteiger partial charge in [-0.3, -0.25) is 4.79 Å². The van der Waals surface area contributed by atoms with Crippen molar-refractivity contribution in [2.24, 2.45) is 0 Å². The number of carbonyl (C=O) groups excluding carboxylic acids is 1. The van der Waals surface area contributed by atoms with E-state index in [2.05, 4.69) is 17.4 Å². The number of Topliss-reactive ketones (excluding diaryl/α,β-unsaturated/α-hetero) is 1. The van der Waals surface area contributed by atoms with Gasteiger partial charge in [0.1, 0.15) is 5.78 Å². The molecule has 0 saturated carbocycles. The number of nitrogens with one attached hydrogen (secondary N) is 1. The summed E-state index contributed by atoms with van der Waals surface area (Å²) >= 11 is 0. The zero-order valence-electron chi connectivity index (χ0n) is 10.8. The Morgan fingerprint density at radius 3 is 2.63 bits per heavy atom. The normalized spacial score (nSPS) is 17.4. The molecule has 0 spiro atoms. The van der Waals surface area contributed by atoms with Crippen molar-refractivity contribution >= 4 is 11.5 Å². The molecule has 1 N–H and O–H groups in total. The summed E-state index contributed by atoms with van der Waals surface area (Å²) in [6, 6.07) is 18.1. The lowest BCUT2D eigenvalue weighted by molar-refractivity contribution is -0.120. The Labute approximate surface area is 113 Å². The first kappa shape index (κ1) is 12.0. The highest BCUT2D eigenvalue weighted by Crippen LogP contribution is 2.32. The fourth-order valence-corrected chi connectivity index (χ4v) is 2.72. The van der Waals surface area contributed by atoms with Crippen molar-refractivity contribution in [1.82, 2.24) is 0 Å². The molecule has 2 heteroatoms. The molecule has 1 atom stereocenters. The smallest absolute Gasteiger partial charge is 0.144 e. The SMILES string of the molecule is O=C(Cc1ccccc1)C1CCNc2ccccc21. The summed E-state index contributed by atoms with van der Waals surface area (Å²) in [5, 5.41) is 3.36. The van der Waals surface area contributed by atoms with Gasteiger partial charge in [-0.15, -0.1) is 0 Å². The van der Waals surface area contributed by atoms with E-state index >= 15 is 0 Å². The minimum Gasteiger partial charge on any atom is -0.385 e. The molecule has 0 aromatic heterocycles. The molecule has 19 heavy (non-hydrogen) atoms. The number of carbonyl (C=O) groups is 1. The standard InChI is InChI=1S/C17H17NO/c19-17(12-13-6-2-1-3-7-13)15-10-11-18-16-9-5-4-8-14(15)16/h1-9,15,18H,10-12H2. The number of fused-ring (bicyclic) bond motifs is 1. The predicted molar refractivity (Wildman–Crippen MR) is 77.4 cm³/mol. The summed E-state index contributed by atoms with van der Waals surface area (Å²) in [7, 11) is 0. The molecular formula is C17H17NO. The third-order valence-electron chi connectivity index (χ3n) is 3.69. The molecule has 2 nitrogen and oxygen atoms in total. The molecule has 0 fully saturated rings. The molecule has 0 bridgehead atoms. The van der Waals surface area contributed by atoms with Crippen molar-refractivity contribution in [1.29, 1.82) is 0 Å². The van der Waals surface area contributed by atoms with Gasteiger partial charge in [0.15, 0.2) is 0 Å². The summed E-state index contributed by atoms with van der Waals surface area (Å²) < 4.78 is 0. The van der Waals surface area contributed by atoms with Crippen molar-refractivity contribution in [3.8, 4) is 0 Å². The molecule has 0 aliphatic carbocycles. The summed E-state index contributed by atoms with van der Waals surface area (Å²) in [6.07, 6.45) is 1.42. The first-order valence-electron chi connectivity index (χ1n) is 6.74. The maximum absolute atomic E-state index is 12.5. The molecule has 0 radical (unpaired) electrons. The van der Waals surface area contributed by atoms with Crippen LogP contribution in [0.5, 0.6) is 0 Å². The van der Waals surface area contributed by atoms with Crippen LogP contribution < -0.4 is 5.32 Å². The first-order chi connectivity index (χ1) is 9.34. The Hall–Kier alpha value is -2.09. The number of hydrogen-bond donors (Lipinski definition) is 1. The monoisotopic (exact) mass is 251 g/mol. The molecule has 0 saturated heterocycles. The lowest BCUT2D eigenvalue weighted by atomic mass is 9.85. The van der Waals surface area contributed by atoms with E-state index in [1.165, 1.54) is 0 Å². The Kier molecular flexibility index (Phi) is 3.32. The maximum atomic E-state index is 12.5. The van der Waals surface area contributed by atoms with Gasteiger partial charge >= 0.3 is 0 Å². The Morgan fingerprint density at radius 1 is 1.05 bits per heavy atom. The molecule has 2 aromatic rings. The van der Waals surface area contributed by atoms with E-state index in [1.54, 1.807) is 0 Å². The van der Waals surface area contributed by atoms with Crippen LogP contribution in [0.3, 0.4) is 0 Å². The highest BCUT2D eigenvalue weighted by Gasteiger charge is 2.25. The second kappa shape index (κ2) is 5.27. The van der Waals surface area contributed by atoms with E-state index in [0.29, 0.717) is 12.2 Å². The van der Waals surface area contributed by atoms with Crippen LogP contribution in [0.4, 0.5) is 5.69 Å². The lowest BCUT2D eigenvalue weighted by Crippen LogP contribution is -2.24. The van der Waals surface area contributed by atoms with E-state index in [0.717, 1.165) is 29.8 Å². The second-order valence-electron chi connectivity index (χ2n) is 4.98. The third-order valence-corrected chi connectivity index (χ3v) is 3.69.